The molecule has 3 nitrogen and oxygen atoms in total. The molecule has 0 saturated carbocycles. The van der Waals surface area contributed by atoms with E-state index in [0.717, 1.165) is 0 Å². The molecule has 0 aliphatic heterocycles. The molecule has 0 aromatic heterocycles. The van der Waals surface area contributed by atoms with Crippen molar-refractivity contribution in [1.29, 1.82) is 0 Å². The summed E-state index contributed by atoms with van der Waals surface area (Å²) in [6.07, 6.45) is 0. The Labute approximate surface area is 93.1 Å². The predicted molar refractivity (Wildman–Crippen MR) is 59.5 cm³/mol. The van der Waals surface area contributed by atoms with Crippen LogP contribution in [-0.4, -0.2) is 14.2 Å². The number of hydrogen-bond donors (Lipinski definition) is 1. The van der Waals surface area contributed by atoms with E-state index in [0.29, 0.717) is 0 Å². The van der Waals surface area contributed by atoms with Crippen molar-refractivity contribution in [3.05, 3.63) is 28.2 Å². The average molecular weight is 254 g/mol. The van der Waals surface area contributed by atoms with E-state index >= 15 is 0 Å². The molecule has 6 heteroatoms. The Morgan fingerprint density at radius 3 is 2.21 bits per heavy atom. The molecule has 0 amide bonds. The van der Waals surface area contributed by atoms with Crippen LogP contribution in [0.5, 0.6) is 0 Å². The Kier molecular flexibility index (Phi) is 3.64. The first-order valence-electron chi connectivity index (χ1n) is 3.91. The van der Waals surface area contributed by atoms with Gasteiger partial charge in [0.05, 0.1) is 21.5 Å². The number of rotatable bonds is 3. The van der Waals surface area contributed by atoms with E-state index in [9.17, 15) is 8.42 Å². The van der Waals surface area contributed by atoms with Gasteiger partial charge in [0.25, 0.3) is 0 Å². The quantitative estimate of drug-likeness (QED) is 0.901. The molecule has 1 aromatic rings. The highest BCUT2D eigenvalue weighted by Crippen LogP contribution is 2.30. The summed E-state index contributed by atoms with van der Waals surface area (Å²) in [4.78, 5) is 0. The van der Waals surface area contributed by atoms with Crippen LogP contribution in [0.25, 0.3) is 0 Å². The number of anilines is 1. The molecule has 78 valence electrons. The lowest BCUT2D eigenvalue weighted by molar-refractivity contribution is 0.602. The van der Waals surface area contributed by atoms with Crippen LogP contribution < -0.4 is 4.72 Å². The topological polar surface area (TPSA) is 46.2 Å². The molecule has 0 radical (unpaired) electrons. The third-order valence-electron chi connectivity index (χ3n) is 1.60. The van der Waals surface area contributed by atoms with Crippen LogP contribution in [0.1, 0.15) is 6.92 Å². The third kappa shape index (κ3) is 2.77. The predicted octanol–water partition coefficient (Wildman–Crippen LogP) is 2.76. The first-order chi connectivity index (χ1) is 6.46. The fraction of sp³-hybridized carbons (Fsp3) is 0.250. The van der Waals surface area contributed by atoms with Gasteiger partial charge in [-0.3, -0.25) is 4.72 Å². The molecule has 0 unspecified atom stereocenters. The van der Waals surface area contributed by atoms with E-state index in [2.05, 4.69) is 4.72 Å². The molecule has 0 saturated heterocycles. The lowest BCUT2D eigenvalue weighted by Crippen LogP contribution is -2.15. The minimum atomic E-state index is -3.34. The minimum Gasteiger partial charge on any atom is -0.281 e. The summed E-state index contributed by atoms with van der Waals surface area (Å²) in [5, 5.41) is 0.573. The zero-order valence-electron chi connectivity index (χ0n) is 7.42. The number of para-hydroxylation sites is 1. The standard InChI is InChI=1S/C8H9Cl2NO2S/c1-2-14(12,13)11-8-6(9)4-3-5-7(8)10/h3-5,11H,2H2,1H3. The normalized spacial score (nSPS) is 11.4. The monoisotopic (exact) mass is 253 g/mol. The molecule has 0 atom stereocenters. The first-order valence-corrected chi connectivity index (χ1v) is 6.31. The minimum absolute atomic E-state index is 0.0193. The van der Waals surface area contributed by atoms with Crippen LogP contribution in [0.3, 0.4) is 0 Å². The second kappa shape index (κ2) is 4.38. The molecule has 14 heavy (non-hydrogen) atoms. The summed E-state index contributed by atoms with van der Waals surface area (Å²) in [6, 6.07) is 4.79. The van der Waals surface area contributed by atoms with Gasteiger partial charge in [-0.05, 0) is 19.1 Å². The Balaban J connectivity index is 3.09. The molecule has 0 aliphatic carbocycles. The Bertz CT molecular complexity index is 411. The molecule has 0 spiro atoms. The van der Waals surface area contributed by atoms with Gasteiger partial charge < -0.3 is 0 Å². The van der Waals surface area contributed by atoms with Crippen molar-refractivity contribution in [2.24, 2.45) is 0 Å². The van der Waals surface area contributed by atoms with Gasteiger partial charge in [-0.2, -0.15) is 0 Å². The highest BCUT2D eigenvalue weighted by atomic mass is 35.5. The van der Waals surface area contributed by atoms with Crippen molar-refractivity contribution >= 4 is 38.9 Å². The molecule has 1 aromatic carbocycles. The van der Waals surface area contributed by atoms with E-state index in [4.69, 9.17) is 23.2 Å². The summed E-state index contributed by atoms with van der Waals surface area (Å²) >= 11 is 11.6. The fourth-order valence-corrected chi connectivity index (χ4v) is 2.10. The molecule has 1 rings (SSSR count). The number of sulfonamides is 1. The lowest BCUT2D eigenvalue weighted by atomic mass is 10.3. The number of hydrogen-bond acceptors (Lipinski definition) is 2. The third-order valence-corrected chi connectivity index (χ3v) is 3.51. The Morgan fingerprint density at radius 2 is 1.79 bits per heavy atom. The molecule has 0 bridgehead atoms. The maximum absolute atomic E-state index is 11.2. The summed E-state index contributed by atoms with van der Waals surface area (Å²) < 4.78 is 24.8. The highest BCUT2D eigenvalue weighted by Gasteiger charge is 2.12. The fourth-order valence-electron chi connectivity index (χ4n) is 0.823. The number of halogens is 2. The molecular weight excluding hydrogens is 245 g/mol. The maximum Gasteiger partial charge on any atom is 0.232 e. The average Bonchev–Trinajstić information content (AvgIpc) is 2.12. The van der Waals surface area contributed by atoms with Crippen molar-refractivity contribution in [2.45, 2.75) is 6.92 Å². The number of nitrogens with one attached hydrogen (secondary N) is 1. The van der Waals surface area contributed by atoms with Gasteiger partial charge in [0.15, 0.2) is 0 Å². The van der Waals surface area contributed by atoms with Crippen molar-refractivity contribution < 1.29 is 8.42 Å². The highest BCUT2D eigenvalue weighted by molar-refractivity contribution is 7.92. The SMILES string of the molecule is CCS(=O)(=O)Nc1c(Cl)cccc1Cl. The Morgan fingerprint density at radius 1 is 1.29 bits per heavy atom. The van der Waals surface area contributed by atoms with Crippen molar-refractivity contribution in [3.8, 4) is 0 Å². The Hall–Kier alpha value is -0.450. The van der Waals surface area contributed by atoms with Crippen LogP contribution in [0, 0.1) is 0 Å². The summed E-state index contributed by atoms with van der Waals surface area (Å²) in [5.41, 5.74) is 0.234. The largest absolute Gasteiger partial charge is 0.281 e. The van der Waals surface area contributed by atoms with Crippen molar-refractivity contribution in [3.63, 3.8) is 0 Å². The zero-order chi connectivity index (χ0) is 10.8. The maximum atomic E-state index is 11.2. The zero-order valence-corrected chi connectivity index (χ0v) is 9.75. The van der Waals surface area contributed by atoms with E-state index in [1.807, 2.05) is 0 Å². The molecule has 0 aliphatic rings. The van der Waals surface area contributed by atoms with Gasteiger partial charge in [-0.25, -0.2) is 8.42 Å². The van der Waals surface area contributed by atoms with Gasteiger partial charge in [0.1, 0.15) is 0 Å². The van der Waals surface area contributed by atoms with Crippen LogP contribution in [-0.2, 0) is 10.0 Å². The number of benzene rings is 1. The van der Waals surface area contributed by atoms with Crippen LogP contribution in [0.2, 0.25) is 10.0 Å². The second-order valence-electron chi connectivity index (χ2n) is 2.60. The van der Waals surface area contributed by atoms with Crippen LogP contribution in [0.15, 0.2) is 18.2 Å². The summed E-state index contributed by atoms with van der Waals surface area (Å²) in [7, 11) is -3.34. The van der Waals surface area contributed by atoms with Gasteiger partial charge in [0.2, 0.25) is 10.0 Å². The second-order valence-corrected chi connectivity index (χ2v) is 5.43. The first kappa shape index (κ1) is 11.6. The van der Waals surface area contributed by atoms with Gasteiger partial charge in [-0.15, -0.1) is 0 Å². The van der Waals surface area contributed by atoms with E-state index < -0.39 is 10.0 Å². The van der Waals surface area contributed by atoms with E-state index in [1.54, 1.807) is 18.2 Å². The lowest BCUT2D eigenvalue weighted by Gasteiger charge is -2.09. The molecular formula is C8H9Cl2NO2S. The summed E-state index contributed by atoms with van der Waals surface area (Å²) in [5.74, 6) is -0.0193. The molecule has 0 heterocycles. The smallest absolute Gasteiger partial charge is 0.232 e. The van der Waals surface area contributed by atoms with E-state index in [1.165, 1.54) is 6.92 Å². The van der Waals surface area contributed by atoms with Gasteiger partial charge in [-0.1, -0.05) is 29.3 Å². The van der Waals surface area contributed by atoms with Crippen LogP contribution >= 0.6 is 23.2 Å². The van der Waals surface area contributed by atoms with Crippen LogP contribution in [0.4, 0.5) is 5.69 Å². The van der Waals surface area contributed by atoms with Crippen molar-refractivity contribution in [1.82, 2.24) is 0 Å². The summed E-state index contributed by atoms with van der Waals surface area (Å²) in [6.45, 7) is 1.53. The van der Waals surface area contributed by atoms with E-state index in [-0.39, 0.29) is 21.5 Å². The molecule has 1 N–H and O–H groups in total. The van der Waals surface area contributed by atoms with Crippen molar-refractivity contribution in [2.75, 3.05) is 10.5 Å². The molecule has 0 fully saturated rings. The van der Waals surface area contributed by atoms with Gasteiger partial charge in [0, 0.05) is 0 Å². The van der Waals surface area contributed by atoms with Gasteiger partial charge >= 0.3 is 0 Å².